The summed E-state index contributed by atoms with van der Waals surface area (Å²) in [5.41, 5.74) is 1.39. The Morgan fingerprint density at radius 1 is 1.07 bits per heavy atom. The first-order chi connectivity index (χ1) is 12.7. The molecule has 6 nitrogen and oxygen atoms in total. The van der Waals surface area contributed by atoms with Crippen LogP contribution < -0.4 is 10.6 Å². The Balaban J connectivity index is 2.26. The highest BCUT2D eigenvalue weighted by Crippen LogP contribution is 2.22. The van der Waals surface area contributed by atoms with E-state index in [-0.39, 0.29) is 22.9 Å². The number of nitrogens with one attached hydrogen (secondary N) is 2. The maximum absolute atomic E-state index is 12.6. The van der Waals surface area contributed by atoms with Gasteiger partial charge in [0, 0.05) is 23.4 Å². The number of hydrogen-bond donors (Lipinski definition) is 2. The van der Waals surface area contributed by atoms with E-state index in [1.807, 2.05) is 6.92 Å². The van der Waals surface area contributed by atoms with E-state index in [0.717, 1.165) is 12.7 Å². The molecule has 0 fully saturated rings. The molecule has 0 aromatic heterocycles. The van der Waals surface area contributed by atoms with E-state index >= 15 is 0 Å². The smallest absolute Gasteiger partial charge is 0.255 e. The van der Waals surface area contributed by atoms with Crippen LogP contribution in [0.1, 0.15) is 39.6 Å². The molecule has 0 aliphatic carbocycles. The lowest BCUT2D eigenvalue weighted by Gasteiger charge is -2.12. The van der Waals surface area contributed by atoms with Crippen LogP contribution >= 0.6 is 11.6 Å². The molecule has 2 aromatic carbocycles. The summed E-state index contributed by atoms with van der Waals surface area (Å²) in [7, 11) is -3.21. The van der Waals surface area contributed by atoms with E-state index in [1.165, 1.54) is 12.1 Å². The first kappa shape index (κ1) is 20.9. The van der Waals surface area contributed by atoms with Gasteiger partial charge < -0.3 is 10.6 Å². The maximum Gasteiger partial charge on any atom is 0.255 e. The summed E-state index contributed by atoms with van der Waals surface area (Å²) in [6, 6.07) is 11.0. The van der Waals surface area contributed by atoms with Crippen molar-refractivity contribution in [1.82, 2.24) is 5.32 Å². The largest absolute Gasteiger partial charge is 0.352 e. The second-order valence-corrected chi connectivity index (χ2v) is 8.75. The fourth-order valence-electron chi connectivity index (χ4n) is 2.45. The second-order valence-electron chi connectivity index (χ2n) is 6.17. The van der Waals surface area contributed by atoms with Crippen molar-refractivity contribution < 1.29 is 18.0 Å². The van der Waals surface area contributed by atoms with E-state index in [2.05, 4.69) is 10.6 Å². The summed E-state index contributed by atoms with van der Waals surface area (Å²) in [4.78, 5) is 24.9. The molecule has 0 saturated heterocycles. The first-order valence-corrected chi connectivity index (χ1v) is 10.8. The Bertz CT molecular complexity index is 958. The predicted molar refractivity (Wildman–Crippen MR) is 107 cm³/mol. The van der Waals surface area contributed by atoms with Crippen LogP contribution in [-0.2, 0) is 15.6 Å². The molecular weight excluding hydrogens is 388 g/mol. The van der Waals surface area contributed by atoms with Crippen LogP contribution in [0.15, 0.2) is 42.5 Å². The number of benzene rings is 2. The van der Waals surface area contributed by atoms with Crippen LogP contribution in [0.5, 0.6) is 0 Å². The van der Waals surface area contributed by atoms with Gasteiger partial charge in [0.05, 0.1) is 17.0 Å². The van der Waals surface area contributed by atoms with Crippen molar-refractivity contribution in [1.29, 1.82) is 0 Å². The number of carbonyl (C=O) groups is 2. The Kier molecular flexibility index (Phi) is 6.98. The van der Waals surface area contributed by atoms with E-state index in [0.29, 0.717) is 22.7 Å². The number of carbonyl (C=O) groups excluding carboxylic acids is 2. The Morgan fingerprint density at radius 2 is 1.81 bits per heavy atom. The van der Waals surface area contributed by atoms with Gasteiger partial charge >= 0.3 is 0 Å². The lowest BCUT2D eigenvalue weighted by Crippen LogP contribution is -2.25. The molecule has 0 saturated carbocycles. The predicted octanol–water partition coefficient (Wildman–Crippen LogP) is 3.28. The van der Waals surface area contributed by atoms with Crippen molar-refractivity contribution in [3.05, 3.63) is 64.2 Å². The zero-order valence-corrected chi connectivity index (χ0v) is 16.7. The van der Waals surface area contributed by atoms with Gasteiger partial charge in [0.2, 0.25) is 0 Å². The second kappa shape index (κ2) is 9.01. The maximum atomic E-state index is 12.6. The van der Waals surface area contributed by atoms with Gasteiger partial charge in [-0.2, -0.15) is 0 Å². The van der Waals surface area contributed by atoms with Crippen molar-refractivity contribution in [2.45, 2.75) is 19.1 Å². The minimum Gasteiger partial charge on any atom is -0.352 e. The van der Waals surface area contributed by atoms with Crippen molar-refractivity contribution in [3.8, 4) is 0 Å². The number of anilines is 1. The molecule has 0 aliphatic rings. The van der Waals surface area contributed by atoms with Crippen LogP contribution in [0.25, 0.3) is 0 Å². The van der Waals surface area contributed by atoms with Gasteiger partial charge in [-0.3, -0.25) is 9.59 Å². The molecule has 27 heavy (non-hydrogen) atoms. The lowest BCUT2D eigenvalue weighted by atomic mass is 10.1. The Morgan fingerprint density at radius 3 is 2.48 bits per heavy atom. The molecule has 2 N–H and O–H groups in total. The van der Waals surface area contributed by atoms with Gasteiger partial charge in [-0.25, -0.2) is 8.42 Å². The number of sulfone groups is 1. The van der Waals surface area contributed by atoms with Gasteiger partial charge in [0.1, 0.15) is 0 Å². The van der Waals surface area contributed by atoms with Gasteiger partial charge in [0.15, 0.2) is 9.84 Å². The molecular formula is C19H21ClN2O4S. The van der Waals surface area contributed by atoms with Crippen molar-refractivity contribution >= 4 is 38.9 Å². The summed E-state index contributed by atoms with van der Waals surface area (Å²) < 4.78 is 22.9. The number of rotatable bonds is 7. The van der Waals surface area contributed by atoms with Crippen LogP contribution in [0.4, 0.5) is 5.69 Å². The monoisotopic (exact) mass is 408 g/mol. The molecule has 0 unspecified atom stereocenters. The molecule has 2 amide bonds. The number of amides is 2. The molecule has 0 spiro atoms. The number of hydrogen-bond acceptors (Lipinski definition) is 4. The van der Waals surface area contributed by atoms with Crippen LogP contribution in [0.2, 0.25) is 5.02 Å². The molecule has 0 aliphatic heterocycles. The summed E-state index contributed by atoms with van der Waals surface area (Å²) in [5.74, 6) is -0.928. The highest BCUT2D eigenvalue weighted by molar-refractivity contribution is 7.89. The van der Waals surface area contributed by atoms with Crippen molar-refractivity contribution in [3.63, 3.8) is 0 Å². The fraction of sp³-hybridized carbons (Fsp3) is 0.263. The zero-order valence-electron chi connectivity index (χ0n) is 15.1. The Hall–Kier alpha value is -2.38. The quantitative estimate of drug-likeness (QED) is 0.735. The Labute approximate surface area is 163 Å². The van der Waals surface area contributed by atoms with Gasteiger partial charge in [-0.15, -0.1) is 0 Å². The summed E-state index contributed by atoms with van der Waals surface area (Å²) in [6.45, 7) is 2.46. The SMILES string of the molecule is CCCNC(=O)c1ccc(Cl)cc1NC(=O)c1cccc(CS(C)(=O)=O)c1. The molecule has 0 radical (unpaired) electrons. The lowest BCUT2D eigenvalue weighted by molar-refractivity contribution is 0.0954. The molecule has 2 aromatic rings. The molecule has 2 rings (SSSR count). The topological polar surface area (TPSA) is 92.3 Å². The van der Waals surface area contributed by atoms with Gasteiger partial charge in [-0.1, -0.05) is 30.7 Å². The molecule has 0 atom stereocenters. The minimum atomic E-state index is -3.21. The highest BCUT2D eigenvalue weighted by Gasteiger charge is 2.15. The van der Waals surface area contributed by atoms with Gasteiger partial charge in [0.25, 0.3) is 11.8 Å². The molecule has 0 bridgehead atoms. The van der Waals surface area contributed by atoms with E-state index in [9.17, 15) is 18.0 Å². The molecule has 144 valence electrons. The normalized spacial score (nSPS) is 11.1. The summed E-state index contributed by atoms with van der Waals surface area (Å²) in [5, 5.41) is 5.82. The first-order valence-electron chi connectivity index (χ1n) is 8.35. The summed E-state index contributed by atoms with van der Waals surface area (Å²) >= 11 is 6.00. The average molecular weight is 409 g/mol. The average Bonchev–Trinajstić information content (AvgIpc) is 2.58. The van der Waals surface area contributed by atoms with Crippen LogP contribution in [0, 0.1) is 0 Å². The molecule has 0 heterocycles. The minimum absolute atomic E-state index is 0.157. The third-order valence-electron chi connectivity index (χ3n) is 3.63. The van der Waals surface area contributed by atoms with E-state index < -0.39 is 15.7 Å². The standard InChI is InChI=1S/C19H21ClN2O4S/c1-3-9-21-19(24)16-8-7-15(20)11-17(16)22-18(23)14-6-4-5-13(10-14)12-27(2,25)26/h4-8,10-11H,3,9,12H2,1-2H3,(H,21,24)(H,22,23). The van der Waals surface area contributed by atoms with Crippen LogP contribution in [-0.4, -0.2) is 33.0 Å². The van der Waals surface area contributed by atoms with Crippen molar-refractivity contribution in [2.75, 3.05) is 18.1 Å². The van der Waals surface area contributed by atoms with Crippen molar-refractivity contribution in [2.24, 2.45) is 0 Å². The summed E-state index contributed by atoms with van der Waals surface area (Å²) in [6.07, 6.45) is 1.92. The fourth-order valence-corrected chi connectivity index (χ4v) is 3.41. The third-order valence-corrected chi connectivity index (χ3v) is 4.72. The third kappa shape index (κ3) is 6.37. The zero-order chi connectivity index (χ0) is 20.0. The van der Waals surface area contributed by atoms with E-state index in [1.54, 1.807) is 30.3 Å². The highest BCUT2D eigenvalue weighted by atomic mass is 35.5. The molecule has 8 heteroatoms. The van der Waals surface area contributed by atoms with E-state index in [4.69, 9.17) is 11.6 Å². The van der Waals surface area contributed by atoms with Gasteiger partial charge in [-0.05, 0) is 42.3 Å². The number of halogens is 1. The van der Waals surface area contributed by atoms with Crippen LogP contribution in [0.3, 0.4) is 0 Å².